The van der Waals surface area contributed by atoms with E-state index >= 15 is 0 Å². The number of esters is 1. The highest BCUT2D eigenvalue weighted by atomic mass is 16.5. The van der Waals surface area contributed by atoms with Gasteiger partial charge in [0.05, 0.1) is 58.4 Å². The lowest BCUT2D eigenvalue weighted by atomic mass is 9.97. The van der Waals surface area contributed by atoms with Crippen molar-refractivity contribution in [2.45, 2.75) is 193 Å². The Morgan fingerprint density at radius 1 is 0.673 bits per heavy atom. The highest BCUT2D eigenvalue weighted by molar-refractivity contribution is 6.02. The summed E-state index contributed by atoms with van der Waals surface area (Å²) in [6, 6.07) is -19.0. The molecule has 0 spiro atoms. The second kappa shape index (κ2) is 39.9. The number of carbonyl (C=O) groups excluding carboxylic acids is 12. The molecule has 2 saturated heterocycles. The van der Waals surface area contributed by atoms with Crippen molar-refractivity contribution in [3.63, 3.8) is 0 Å². The van der Waals surface area contributed by atoms with E-state index in [4.69, 9.17) is 10.5 Å². The zero-order valence-corrected chi connectivity index (χ0v) is 57.8. The van der Waals surface area contributed by atoms with Crippen molar-refractivity contribution in [1.29, 1.82) is 0 Å². The Morgan fingerprint density at radius 2 is 1.26 bits per heavy atom. The summed E-state index contributed by atoms with van der Waals surface area (Å²) >= 11 is 0. The number of aliphatic carboxylic acids is 4. The monoisotopic (exact) mass is 1390 g/mol. The van der Waals surface area contributed by atoms with E-state index in [9.17, 15) is 102 Å². The molecule has 2 fully saturated rings. The summed E-state index contributed by atoms with van der Waals surface area (Å²) in [6.07, 6.45) is 0.894. The van der Waals surface area contributed by atoms with Crippen LogP contribution in [-0.4, -0.2) is 250 Å². The highest BCUT2D eigenvalue weighted by Gasteiger charge is 2.46. The molecule has 15 atom stereocenters. The fourth-order valence-electron chi connectivity index (χ4n) is 10.5. The molecule has 2 heterocycles. The summed E-state index contributed by atoms with van der Waals surface area (Å²) in [5.41, 5.74) is 5.72. The Labute approximate surface area is 568 Å². The Kier molecular flexibility index (Phi) is 34.6. The number of carboxylic acid groups (broad SMARTS) is 4. The van der Waals surface area contributed by atoms with Gasteiger partial charge in [0.1, 0.15) is 60.9 Å². The van der Waals surface area contributed by atoms with E-state index < -0.39 is 216 Å². The van der Waals surface area contributed by atoms with Gasteiger partial charge in [0, 0.05) is 12.6 Å². The third kappa shape index (κ3) is 28.1. The summed E-state index contributed by atoms with van der Waals surface area (Å²) in [5, 5.41) is 73.6. The SMILES string of the molecule is CC(C)CC/C=C\C=C\C(=O)N[C@H](C(=O)N[C@@H]1C(=O)N[C@H](C(C)C)C(=O)N[C@@H](CCCCN)C(=O)N[C@@H](C(O)C(=O)O)C(=O)N[C@@H](CC(=O)O)C(=O)NCC(=O)N[C@H](C(C)C(=O)OC(CC(=O)O)C[N+](C)(C)C)C(=O)N[C@@H](C(C)C)C(=O)N2C[C@H](C)C[C@H]2C(=O)NC1C)C(C)C(=O)O. The Bertz CT molecular complexity index is 2950. The van der Waals surface area contributed by atoms with Gasteiger partial charge in [-0.15, -0.1) is 0 Å². The van der Waals surface area contributed by atoms with Gasteiger partial charge in [0.15, 0.2) is 12.2 Å². The Morgan fingerprint density at radius 3 is 1.81 bits per heavy atom. The highest BCUT2D eigenvalue weighted by Crippen LogP contribution is 2.26. The van der Waals surface area contributed by atoms with Crippen LogP contribution in [0, 0.1) is 35.5 Å². The molecule has 2 aliphatic rings. The van der Waals surface area contributed by atoms with Crippen molar-refractivity contribution < 1.29 is 111 Å². The van der Waals surface area contributed by atoms with E-state index in [0.29, 0.717) is 12.3 Å². The number of fused-ring (bicyclic) bond motifs is 1. The fraction of sp³-hybridized carbons (Fsp3) is 0.683. The van der Waals surface area contributed by atoms with Gasteiger partial charge in [0.25, 0.3) is 0 Å². The molecule has 0 aromatic carbocycles. The summed E-state index contributed by atoms with van der Waals surface area (Å²) in [5.74, 6) is -27.0. The molecule has 0 aliphatic carbocycles. The number of quaternary nitrogens is 1. The molecule has 0 aromatic rings. The summed E-state index contributed by atoms with van der Waals surface area (Å²) < 4.78 is 5.69. The molecule has 550 valence electrons. The van der Waals surface area contributed by atoms with Gasteiger partial charge in [-0.25, -0.2) is 4.79 Å². The maximum atomic E-state index is 15.0. The number of aliphatic hydroxyl groups excluding tert-OH is 1. The van der Waals surface area contributed by atoms with Crippen LogP contribution in [0.5, 0.6) is 0 Å². The van der Waals surface area contributed by atoms with Crippen molar-refractivity contribution >= 4 is 94.8 Å². The standard InChI is InChI=1S/C63H101N13O22/c1-30(2)20-16-14-15-17-22-41(77)69-47(34(8)61(93)94)56(88)73-49-36(10)66-54(86)40-24-33(7)28-75(40)60(92)46(32(5)6)72-57(89)48(35(9)63(97)98-37(25-43(79)80)29-76(11,12)13)70-42(78)27-65-52(84)39(26-44(81)82)68-59(91)50(51(83)62(95)96)74-53(85)38(21-18-19-23-64)67-55(87)45(31(3)4)71-58(49)90/h14-15,17,22,30-40,45-51,83H,16,18-21,23-29,64H2,1-13H3,(H13-,65,66,67,68,69,70,71,72,73,74,77,78,79,80,81,82,84,85,86,87,88,89,90,91,93,94,95,96)/p+1/b15-14-,22-17+/t33-,34?,35?,36?,37?,38+,39+,40+,45-,46+,47+,48-,49+,50+,51?/m1/s1. The summed E-state index contributed by atoms with van der Waals surface area (Å²) in [6.45, 7) is 13.7. The van der Waals surface area contributed by atoms with Gasteiger partial charge in [-0.1, -0.05) is 66.7 Å². The molecule has 17 N–H and O–H groups in total. The number of nitrogens with one attached hydrogen (secondary N) is 10. The second-order valence-corrected chi connectivity index (χ2v) is 26.9. The molecule has 35 heteroatoms. The van der Waals surface area contributed by atoms with Gasteiger partial charge in [-0.05, 0) is 89.5 Å². The molecule has 5 unspecified atom stereocenters. The number of nitrogens with two attached hydrogens (primary N) is 1. The average Bonchev–Trinajstić information content (AvgIpc) is 1.60. The molecule has 11 amide bonds. The third-order valence-corrected chi connectivity index (χ3v) is 16.0. The predicted molar refractivity (Wildman–Crippen MR) is 347 cm³/mol. The first-order valence-electron chi connectivity index (χ1n) is 32.4. The van der Waals surface area contributed by atoms with Gasteiger partial charge in [-0.3, -0.25) is 71.9 Å². The van der Waals surface area contributed by atoms with Crippen LogP contribution in [0.1, 0.15) is 121 Å². The molecular weight excluding hydrogens is 1290 g/mol. The van der Waals surface area contributed by atoms with Crippen molar-refractivity contribution in [3.05, 3.63) is 24.3 Å². The first-order valence-corrected chi connectivity index (χ1v) is 32.4. The molecule has 0 bridgehead atoms. The molecule has 98 heavy (non-hydrogen) atoms. The second-order valence-electron chi connectivity index (χ2n) is 26.9. The molecule has 0 saturated carbocycles. The minimum atomic E-state index is -2.87. The topological polar surface area (TPSA) is 533 Å². The number of unbranched alkanes of at least 4 members (excludes halogenated alkanes) is 1. The minimum absolute atomic E-state index is 0.0405. The van der Waals surface area contributed by atoms with Crippen LogP contribution in [0.4, 0.5) is 0 Å². The van der Waals surface area contributed by atoms with Gasteiger partial charge >= 0.3 is 29.8 Å². The number of ether oxygens (including phenoxy) is 1. The van der Waals surface area contributed by atoms with Gasteiger partial charge < -0.3 is 98.6 Å². The lowest BCUT2D eigenvalue weighted by Crippen LogP contribution is -2.65. The third-order valence-electron chi connectivity index (χ3n) is 16.0. The van der Waals surface area contributed by atoms with E-state index in [1.165, 1.54) is 40.7 Å². The van der Waals surface area contributed by atoms with Crippen LogP contribution in [0.25, 0.3) is 0 Å². The van der Waals surface area contributed by atoms with Crippen LogP contribution in [0.2, 0.25) is 0 Å². The number of rotatable bonds is 27. The summed E-state index contributed by atoms with van der Waals surface area (Å²) in [7, 11) is 5.00. The largest absolute Gasteiger partial charge is 0.481 e. The van der Waals surface area contributed by atoms with Crippen LogP contribution in [0.15, 0.2) is 24.3 Å². The maximum Gasteiger partial charge on any atom is 0.335 e. The number of allylic oxidation sites excluding steroid dienone is 3. The molecule has 2 aliphatic heterocycles. The van der Waals surface area contributed by atoms with E-state index in [2.05, 4.69) is 42.5 Å². The number of nitrogens with zero attached hydrogens (tertiary/aromatic N) is 2. The number of hydrogen-bond donors (Lipinski definition) is 16. The Hall–Kier alpha value is -9.12. The van der Waals surface area contributed by atoms with Gasteiger partial charge in [-0.2, -0.15) is 0 Å². The lowest BCUT2D eigenvalue weighted by Gasteiger charge is -2.34. The first kappa shape index (κ1) is 85.0. The van der Waals surface area contributed by atoms with Crippen molar-refractivity contribution in [3.8, 4) is 0 Å². The van der Waals surface area contributed by atoms with E-state index in [1.54, 1.807) is 40.2 Å². The van der Waals surface area contributed by atoms with E-state index in [-0.39, 0.29) is 49.8 Å². The molecule has 0 radical (unpaired) electrons. The maximum absolute atomic E-state index is 15.0. The zero-order valence-electron chi connectivity index (χ0n) is 57.8. The van der Waals surface area contributed by atoms with Crippen LogP contribution in [0.3, 0.4) is 0 Å². The zero-order chi connectivity index (χ0) is 74.8. The first-order chi connectivity index (χ1) is 45.5. The minimum Gasteiger partial charge on any atom is -0.481 e. The molecule has 2 rings (SSSR count). The van der Waals surface area contributed by atoms with Crippen molar-refractivity contribution in [1.82, 2.24) is 58.1 Å². The van der Waals surface area contributed by atoms with Crippen LogP contribution < -0.4 is 58.9 Å². The van der Waals surface area contributed by atoms with Crippen LogP contribution >= 0.6 is 0 Å². The quantitative estimate of drug-likeness (QED) is 0.0123. The molecule has 0 aromatic heterocycles. The predicted octanol–water partition coefficient (Wildman–Crippen LogP) is -3.90. The number of likely N-dealkylation sites (N-methyl/N-ethyl adjacent to an activating group) is 1. The molecular formula is C63H102N13O22+. The number of hydrogen-bond acceptors (Lipinski definition) is 19. The fourth-order valence-corrected chi connectivity index (χ4v) is 10.5. The number of aliphatic hydroxyl groups is 1. The smallest absolute Gasteiger partial charge is 0.335 e. The Balaban J connectivity index is 3.06. The van der Waals surface area contributed by atoms with Crippen molar-refractivity contribution in [2.24, 2.45) is 41.2 Å². The molecule has 35 nitrogen and oxygen atoms in total. The number of amides is 11. The van der Waals surface area contributed by atoms with Crippen LogP contribution in [-0.2, 0) is 81.4 Å². The lowest BCUT2D eigenvalue weighted by molar-refractivity contribution is -0.873. The normalized spacial score (nSPS) is 25.0. The van der Waals surface area contributed by atoms with E-state index in [0.717, 1.165) is 31.2 Å². The number of carbonyl (C=O) groups is 16. The van der Waals surface area contributed by atoms with Gasteiger partial charge in [0.2, 0.25) is 65.0 Å². The van der Waals surface area contributed by atoms with E-state index in [1.807, 2.05) is 24.5 Å². The summed E-state index contributed by atoms with van der Waals surface area (Å²) in [4.78, 5) is 222. The number of carboxylic acids is 4. The van der Waals surface area contributed by atoms with Crippen molar-refractivity contribution in [2.75, 3.05) is 47.3 Å². The average molecular weight is 1390 g/mol.